The molecule has 0 amide bonds. The highest BCUT2D eigenvalue weighted by Crippen LogP contribution is 2.49. The molecule has 0 saturated carbocycles. The van der Waals surface area contributed by atoms with Crippen LogP contribution in [0.5, 0.6) is 0 Å². The van der Waals surface area contributed by atoms with Crippen LogP contribution in [0.2, 0.25) is 0 Å². The molecule has 330 valence electrons. The summed E-state index contributed by atoms with van der Waals surface area (Å²) in [7, 11) is 0. The maximum absolute atomic E-state index is 5.70. The molecule has 1 unspecified atom stereocenters. The van der Waals surface area contributed by atoms with Gasteiger partial charge in [0, 0.05) is 59.7 Å². The highest BCUT2D eigenvalue weighted by atomic mass is 32.2. The maximum atomic E-state index is 5.70. The zero-order valence-electron chi connectivity index (χ0n) is 37.9. The lowest BCUT2D eigenvalue weighted by Gasteiger charge is -2.27. The zero-order chi connectivity index (χ0) is 46.1. The van der Waals surface area contributed by atoms with Gasteiger partial charge in [0.1, 0.15) is 0 Å². The normalized spacial score (nSPS) is 14.6. The SMILES string of the molecule is C1=C(c2ccccc2)SC2=C(c3ccc(N(c4ccccc4)c4ccccc4)cc3)N=C(n3c4ccc(-c5cccc6c5c5ccccc5n6-c5ccccc5)cc4c4cc5ccccc5cc43)NC12. The van der Waals surface area contributed by atoms with Crippen LogP contribution in [0.15, 0.2) is 259 Å². The minimum atomic E-state index is -0.0840. The molecule has 2 aromatic heterocycles. The van der Waals surface area contributed by atoms with Gasteiger partial charge in [-0.2, -0.15) is 0 Å². The largest absolute Gasteiger partial charge is 0.344 e. The Bertz CT molecular complexity index is 4060. The fourth-order valence-corrected chi connectivity index (χ4v) is 12.0. The molecule has 12 aromatic rings. The zero-order valence-corrected chi connectivity index (χ0v) is 38.8. The average Bonchev–Trinajstić information content (AvgIpc) is 4.11. The number of benzene rings is 10. The van der Waals surface area contributed by atoms with Crippen LogP contribution >= 0.6 is 11.8 Å². The Balaban J connectivity index is 0.955. The number of hydrogen-bond donors (Lipinski definition) is 1. The first-order chi connectivity index (χ1) is 34.7. The quantitative estimate of drug-likeness (QED) is 0.173. The highest BCUT2D eigenvalue weighted by molar-refractivity contribution is 8.12. The highest BCUT2D eigenvalue weighted by Gasteiger charge is 2.33. The Kier molecular flexibility index (Phi) is 9.45. The van der Waals surface area contributed by atoms with Gasteiger partial charge in [0.25, 0.3) is 0 Å². The number of aromatic nitrogens is 2. The van der Waals surface area contributed by atoms with E-state index in [1.54, 1.807) is 0 Å². The van der Waals surface area contributed by atoms with Crippen molar-refractivity contribution in [3.05, 3.63) is 265 Å². The van der Waals surface area contributed by atoms with Crippen molar-refractivity contribution in [2.75, 3.05) is 4.90 Å². The van der Waals surface area contributed by atoms with Gasteiger partial charge < -0.3 is 14.8 Å². The molecule has 10 aromatic carbocycles. The summed E-state index contributed by atoms with van der Waals surface area (Å²) in [5, 5.41) is 11.2. The van der Waals surface area contributed by atoms with Crippen LogP contribution in [-0.2, 0) is 0 Å². The first-order valence-corrected chi connectivity index (χ1v) is 24.6. The standard InChI is InChI=1S/C64H43N5S/c1-5-18-42(19-6-1)60-41-55-63(70-60)62(43-32-35-50(36-33-43)67(47-22-7-2-8-23-47)48-24-9-3-10-25-48)66-64(65-55)69-57-37-34-46(39-53(57)54-38-44-20-13-14-21-45(44)40-59(54)69)51-29-17-31-58-61(51)52-28-15-16-30-56(52)68(58)49-26-11-4-12-27-49/h1-41,55H,(H,65,66). The van der Waals surface area contributed by atoms with Gasteiger partial charge in [-0.05, 0) is 118 Å². The third kappa shape index (κ3) is 6.60. The second-order valence-electron chi connectivity index (χ2n) is 18.0. The fourth-order valence-electron chi connectivity index (χ4n) is 10.7. The summed E-state index contributed by atoms with van der Waals surface area (Å²) in [4.78, 5) is 10.4. The van der Waals surface area contributed by atoms with E-state index in [2.05, 4.69) is 268 Å². The number of aliphatic imine (C=N–C) groups is 1. The van der Waals surface area contributed by atoms with E-state index < -0.39 is 0 Å². The van der Waals surface area contributed by atoms with E-state index in [0.29, 0.717) is 0 Å². The first-order valence-electron chi connectivity index (χ1n) is 23.8. The van der Waals surface area contributed by atoms with Gasteiger partial charge in [-0.3, -0.25) is 4.57 Å². The molecule has 0 saturated heterocycles. The molecule has 70 heavy (non-hydrogen) atoms. The Hall–Kier alpha value is -8.84. The molecule has 6 heteroatoms. The van der Waals surface area contributed by atoms with Crippen LogP contribution < -0.4 is 10.2 Å². The number of rotatable bonds is 7. The monoisotopic (exact) mass is 913 g/mol. The molecule has 14 rings (SSSR count). The second-order valence-corrected chi connectivity index (χ2v) is 19.1. The average molecular weight is 914 g/mol. The van der Waals surface area contributed by atoms with Crippen LogP contribution in [0.25, 0.3) is 81.8 Å². The molecular formula is C64H43N5S. The molecule has 0 bridgehead atoms. The van der Waals surface area contributed by atoms with E-state index in [1.165, 1.54) is 69.9 Å². The van der Waals surface area contributed by atoms with E-state index >= 15 is 0 Å². The van der Waals surface area contributed by atoms with Gasteiger partial charge in [0.2, 0.25) is 5.96 Å². The van der Waals surface area contributed by atoms with E-state index in [4.69, 9.17) is 4.99 Å². The number of nitrogens with one attached hydrogen (secondary N) is 1. The van der Waals surface area contributed by atoms with E-state index in [1.807, 2.05) is 11.8 Å². The number of hydrogen-bond acceptors (Lipinski definition) is 4. The molecule has 4 heterocycles. The van der Waals surface area contributed by atoms with E-state index in [-0.39, 0.29) is 6.04 Å². The van der Waals surface area contributed by atoms with E-state index in [0.717, 1.165) is 51.0 Å². The van der Waals surface area contributed by atoms with E-state index in [9.17, 15) is 0 Å². The summed E-state index contributed by atoms with van der Waals surface area (Å²) in [5.41, 5.74) is 14.6. The maximum Gasteiger partial charge on any atom is 0.209 e. The van der Waals surface area contributed by atoms with Gasteiger partial charge in [0.15, 0.2) is 0 Å². The third-order valence-electron chi connectivity index (χ3n) is 13.9. The molecule has 0 radical (unpaired) electrons. The lowest BCUT2D eigenvalue weighted by atomic mass is 9.97. The summed E-state index contributed by atoms with van der Waals surface area (Å²) in [6, 6.07) is 87.3. The molecule has 0 aliphatic carbocycles. The van der Waals surface area contributed by atoms with Crippen molar-refractivity contribution in [1.29, 1.82) is 0 Å². The van der Waals surface area contributed by atoms with Crippen LogP contribution in [0.1, 0.15) is 11.1 Å². The summed E-state index contributed by atoms with van der Waals surface area (Å²) in [6.07, 6.45) is 2.37. The van der Waals surface area contributed by atoms with Gasteiger partial charge in [-0.15, -0.1) is 0 Å². The topological polar surface area (TPSA) is 37.5 Å². The molecule has 2 aliphatic rings. The van der Waals surface area contributed by atoms with Crippen LogP contribution in [-0.4, -0.2) is 21.1 Å². The molecule has 1 atom stereocenters. The number of fused-ring (bicyclic) bond motifs is 8. The number of nitrogens with zero attached hydrogens (tertiary/aromatic N) is 4. The summed E-state index contributed by atoms with van der Waals surface area (Å²) in [6.45, 7) is 0. The molecule has 0 fully saturated rings. The predicted molar refractivity (Wildman–Crippen MR) is 297 cm³/mol. The Morgan fingerprint density at radius 2 is 1.01 bits per heavy atom. The Labute approximate surface area is 409 Å². The van der Waals surface area contributed by atoms with Crippen molar-refractivity contribution in [2.45, 2.75) is 6.04 Å². The van der Waals surface area contributed by atoms with Gasteiger partial charge in [0.05, 0.1) is 33.8 Å². The number of thioether (sulfide) groups is 1. The van der Waals surface area contributed by atoms with Crippen LogP contribution in [0.4, 0.5) is 17.1 Å². The van der Waals surface area contributed by atoms with Gasteiger partial charge in [-0.1, -0.05) is 169 Å². The third-order valence-corrected chi connectivity index (χ3v) is 15.2. The summed E-state index contributed by atoms with van der Waals surface area (Å²) < 4.78 is 4.76. The number of para-hydroxylation sites is 4. The number of anilines is 3. The molecule has 5 nitrogen and oxygen atoms in total. The van der Waals surface area contributed by atoms with Crippen molar-refractivity contribution in [2.24, 2.45) is 4.99 Å². The molecule has 1 N–H and O–H groups in total. The van der Waals surface area contributed by atoms with Crippen molar-refractivity contribution < 1.29 is 0 Å². The Morgan fingerprint density at radius 1 is 0.429 bits per heavy atom. The van der Waals surface area contributed by atoms with Gasteiger partial charge >= 0.3 is 0 Å². The predicted octanol–water partition coefficient (Wildman–Crippen LogP) is 16.5. The summed E-state index contributed by atoms with van der Waals surface area (Å²) >= 11 is 1.81. The van der Waals surface area contributed by atoms with Gasteiger partial charge in [-0.25, -0.2) is 4.99 Å². The lowest BCUT2D eigenvalue weighted by molar-refractivity contribution is 0.835. The second kappa shape index (κ2) is 16.4. The lowest BCUT2D eigenvalue weighted by Crippen LogP contribution is -2.40. The molecule has 0 spiro atoms. The molecular weight excluding hydrogens is 871 g/mol. The Morgan fingerprint density at radius 3 is 1.76 bits per heavy atom. The van der Waals surface area contributed by atoms with Crippen molar-refractivity contribution in [3.63, 3.8) is 0 Å². The van der Waals surface area contributed by atoms with Crippen LogP contribution in [0, 0.1) is 0 Å². The fraction of sp³-hybridized carbons (Fsp3) is 0.0156. The molecule has 2 aliphatic heterocycles. The van der Waals surface area contributed by atoms with Crippen molar-refractivity contribution in [3.8, 4) is 16.8 Å². The first kappa shape index (κ1) is 40.2. The van der Waals surface area contributed by atoms with Crippen LogP contribution in [0.3, 0.4) is 0 Å². The minimum absolute atomic E-state index is 0.0840. The van der Waals surface area contributed by atoms with Crippen molar-refractivity contribution in [1.82, 2.24) is 14.5 Å². The minimum Gasteiger partial charge on any atom is -0.344 e. The van der Waals surface area contributed by atoms with Crippen molar-refractivity contribution >= 4 is 99.8 Å². The summed E-state index contributed by atoms with van der Waals surface area (Å²) in [5.74, 6) is 0.797. The smallest absolute Gasteiger partial charge is 0.209 e.